The second kappa shape index (κ2) is 7.06. The monoisotopic (exact) mass is 361 g/mol. The van der Waals surface area contributed by atoms with E-state index in [1.807, 2.05) is 16.8 Å². The smallest absolute Gasteiger partial charge is 0.268 e. The number of aromatic amines is 1. The molecule has 0 aliphatic carbocycles. The summed E-state index contributed by atoms with van der Waals surface area (Å²) in [5, 5.41) is 3.64. The van der Waals surface area contributed by atoms with Crippen molar-refractivity contribution in [3.63, 3.8) is 0 Å². The highest BCUT2D eigenvalue weighted by Crippen LogP contribution is 2.15. The average Bonchev–Trinajstić information content (AvgIpc) is 3.23. The van der Waals surface area contributed by atoms with Gasteiger partial charge in [0.2, 0.25) is 5.91 Å². The Hall–Kier alpha value is -2.32. The van der Waals surface area contributed by atoms with Crippen molar-refractivity contribution in [1.82, 2.24) is 14.9 Å². The largest absolute Gasteiger partial charge is 0.338 e. The highest BCUT2D eigenvalue weighted by molar-refractivity contribution is 7.17. The van der Waals surface area contributed by atoms with Crippen molar-refractivity contribution in [3.8, 4) is 0 Å². The minimum absolute atomic E-state index is 0.0297. The maximum Gasteiger partial charge on any atom is 0.268 e. The lowest BCUT2D eigenvalue weighted by atomic mass is 10.2. The van der Waals surface area contributed by atoms with Crippen LogP contribution in [0.3, 0.4) is 0 Å². The number of H-pyrrole nitrogens is 1. The number of hydrogen-bond acceptors (Lipinski definition) is 6. The second-order valence-electron chi connectivity index (χ2n) is 5.30. The van der Waals surface area contributed by atoms with E-state index in [0.29, 0.717) is 20.9 Å². The molecular weight excluding hydrogens is 346 g/mol. The van der Waals surface area contributed by atoms with Crippen LogP contribution >= 0.6 is 22.7 Å². The van der Waals surface area contributed by atoms with Gasteiger partial charge in [-0.2, -0.15) is 0 Å². The van der Waals surface area contributed by atoms with E-state index in [9.17, 15) is 14.4 Å². The molecule has 0 saturated heterocycles. The van der Waals surface area contributed by atoms with Gasteiger partial charge in [0.1, 0.15) is 10.5 Å². The zero-order chi connectivity index (χ0) is 17.1. The van der Waals surface area contributed by atoms with Crippen LogP contribution in [0.1, 0.15) is 28.3 Å². The number of aromatic nitrogens is 2. The van der Waals surface area contributed by atoms with Crippen molar-refractivity contribution in [2.24, 2.45) is 0 Å². The Balaban J connectivity index is 1.61. The van der Waals surface area contributed by atoms with Crippen LogP contribution < -0.4 is 5.56 Å². The molecule has 0 radical (unpaired) electrons. The maximum atomic E-state index is 12.2. The number of fused-ring (bicyclic) bond motifs is 1. The van der Waals surface area contributed by atoms with Crippen LogP contribution in [0.25, 0.3) is 10.2 Å². The topological polar surface area (TPSA) is 83.1 Å². The van der Waals surface area contributed by atoms with Gasteiger partial charge in [0.15, 0.2) is 5.78 Å². The van der Waals surface area contributed by atoms with Crippen LogP contribution in [0.4, 0.5) is 0 Å². The third-order valence-corrected chi connectivity index (χ3v) is 5.35. The predicted molar refractivity (Wildman–Crippen MR) is 94.6 cm³/mol. The van der Waals surface area contributed by atoms with Gasteiger partial charge in [-0.05, 0) is 22.9 Å². The highest BCUT2D eigenvalue weighted by Gasteiger charge is 2.15. The summed E-state index contributed by atoms with van der Waals surface area (Å²) in [5.41, 5.74) is 0.436. The summed E-state index contributed by atoms with van der Waals surface area (Å²) in [4.78, 5) is 45.2. The molecule has 0 atom stereocenters. The lowest BCUT2D eigenvalue weighted by Gasteiger charge is -2.16. The van der Waals surface area contributed by atoms with Crippen LogP contribution in [0.15, 0.2) is 33.8 Å². The van der Waals surface area contributed by atoms with E-state index < -0.39 is 0 Å². The Kier molecular flexibility index (Phi) is 4.86. The molecule has 0 spiro atoms. The number of thiophene rings is 2. The molecule has 3 aromatic rings. The Morgan fingerprint density at radius 2 is 2.04 bits per heavy atom. The number of amides is 1. The number of carbonyl (C=O) groups excluding carboxylic acids is 2. The lowest BCUT2D eigenvalue weighted by molar-refractivity contribution is -0.130. The van der Waals surface area contributed by atoms with Crippen LogP contribution in [0, 0.1) is 0 Å². The average molecular weight is 361 g/mol. The van der Waals surface area contributed by atoms with Crippen LogP contribution in [0.2, 0.25) is 0 Å². The first-order valence-corrected chi connectivity index (χ1v) is 9.07. The Bertz CT molecular complexity index is 928. The lowest BCUT2D eigenvalue weighted by Crippen LogP contribution is -2.28. The van der Waals surface area contributed by atoms with Gasteiger partial charge in [-0.1, -0.05) is 6.07 Å². The number of nitrogens with zero attached hydrogens (tertiary/aromatic N) is 2. The molecule has 0 fully saturated rings. The van der Waals surface area contributed by atoms with E-state index >= 15 is 0 Å². The second-order valence-corrected chi connectivity index (χ2v) is 7.16. The standard InChI is InChI=1S/C16H15N3O3S2/c1-19(14(21)5-4-11(20)12-3-2-7-23-12)9-13-17-10-6-8-24-15(10)16(22)18-13/h2-3,6-8H,4-5,9H2,1H3,(H,17,18,22). The zero-order valence-corrected chi connectivity index (χ0v) is 14.6. The van der Waals surface area contributed by atoms with Crippen molar-refractivity contribution < 1.29 is 9.59 Å². The molecule has 3 heterocycles. The summed E-state index contributed by atoms with van der Waals surface area (Å²) < 4.78 is 0.578. The first-order chi connectivity index (χ1) is 11.5. The van der Waals surface area contributed by atoms with E-state index in [1.54, 1.807) is 19.2 Å². The van der Waals surface area contributed by atoms with Crippen LogP contribution in [-0.2, 0) is 11.3 Å². The van der Waals surface area contributed by atoms with Crippen LogP contribution in [0.5, 0.6) is 0 Å². The normalized spacial score (nSPS) is 10.9. The number of rotatable bonds is 6. The van der Waals surface area contributed by atoms with Crippen LogP contribution in [-0.4, -0.2) is 33.6 Å². The van der Waals surface area contributed by atoms with Crippen molar-refractivity contribution in [3.05, 3.63) is 50.0 Å². The van der Waals surface area contributed by atoms with Gasteiger partial charge in [0, 0.05) is 19.9 Å². The number of nitrogens with one attached hydrogen (secondary N) is 1. The molecule has 8 heteroatoms. The zero-order valence-electron chi connectivity index (χ0n) is 12.9. The summed E-state index contributed by atoms with van der Waals surface area (Å²) in [5.74, 6) is 0.247. The quantitative estimate of drug-likeness (QED) is 0.684. The van der Waals surface area contributed by atoms with E-state index in [2.05, 4.69) is 9.97 Å². The number of hydrogen-bond donors (Lipinski definition) is 1. The van der Waals surface area contributed by atoms with Gasteiger partial charge < -0.3 is 9.88 Å². The molecule has 0 aliphatic heterocycles. The third-order valence-electron chi connectivity index (χ3n) is 3.54. The minimum Gasteiger partial charge on any atom is -0.338 e. The molecule has 3 rings (SSSR count). The summed E-state index contributed by atoms with van der Waals surface area (Å²) in [7, 11) is 1.63. The van der Waals surface area contributed by atoms with E-state index in [0.717, 1.165) is 0 Å². The van der Waals surface area contributed by atoms with Gasteiger partial charge in [0.25, 0.3) is 5.56 Å². The van der Waals surface area contributed by atoms with E-state index in [-0.39, 0.29) is 36.6 Å². The first-order valence-electron chi connectivity index (χ1n) is 7.31. The Morgan fingerprint density at radius 1 is 1.21 bits per heavy atom. The summed E-state index contributed by atoms with van der Waals surface area (Å²) in [6.45, 7) is 0.201. The minimum atomic E-state index is -0.196. The third kappa shape index (κ3) is 3.60. The first kappa shape index (κ1) is 16.5. The molecule has 1 amide bonds. The van der Waals surface area contributed by atoms with E-state index in [1.165, 1.54) is 27.6 Å². The molecule has 0 bridgehead atoms. The fourth-order valence-corrected chi connectivity index (χ4v) is 3.70. The molecule has 6 nitrogen and oxygen atoms in total. The van der Waals surface area contributed by atoms with Gasteiger partial charge in [-0.15, -0.1) is 22.7 Å². The molecule has 0 aliphatic rings. The molecule has 3 aromatic heterocycles. The SMILES string of the molecule is CN(Cc1nc2ccsc2c(=O)[nH]1)C(=O)CCC(=O)c1cccs1. The van der Waals surface area contributed by atoms with E-state index in [4.69, 9.17) is 0 Å². The Labute approximate surface area is 145 Å². The van der Waals surface area contributed by atoms with Crippen molar-refractivity contribution in [2.75, 3.05) is 7.05 Å². The van der Waals surface area contributed by atoms with Crippen molar-refractivity contribution in [2.45, 2.75) is 19.4 Å². The number of ketones is 1. The fourth-order valence-electron chi connectivity index (χ4n) is 2.28. The summed E-state index contributed by atoms with van der Waals surface area (Å²) in [6, 6.07) is 5.35. The fraction of sp³-hybridized carbons (Fsp3) is 0.250. The molecule has 0 unspecified atom stereocenters. The van der Waals surface area contributed by atoms with Gasteiger partial charge in [-0.25, -0.2) is 4.98 Å². The maximum absolute atomic E-state index is 12.2. The van der Waals surface area contributed by atoms with Gasteiger partial charge >= 0.3 is 0 Å². The summed E-state index contributed by atoms with van der Waals surface area (Å²) in [6.07, 6.45) is 0.315. The number of carbonyl (C=O) groups is 2. The Morgan fingerprint density at radius 3 is 2.79 bits per heavy atom. The van der Waals surface area contributed by atoms with Gasteiger partial charge in [0.05, 0.1) is 16.9 Å². The predicted octanol–water partition coefficient (Wildman–Crippen LogP) is 2.67. The van der Waals surface area contributed by atoms with Crippen molar-refractivity contribution in [1.29, 1.82) is 0 Å². The molecular formula is C16H15N3O3S2. The highest BCUT2D eigenvalue weighted by atomic mass is 32.1. The van der Waals surface area contributed by atoms with Gasteiger partial charge in [-0.3, -0.25) is 14.4 Å². The molecule has 24 heavy (non-hydrogen) atoms. The van der Waals surface area contributed by atoms with Crippen molar-refractivity contribution >= 4 is 44.6 Å². The number of Topliss-reactive ketones (excluding diaryl/α,β-unsaturated/α-hetero) is 1. The molecule has 0 aromatic carbocycles. The summed E-state index contributed by atoms with van der Waals surface area (Å²) >= 11 is 2.71. The molecule has 1 N–H and O–H groups in total. The molecule has 124 valence electrons. The molecule has 0 saturated carbocycles.